The highest BCUT2D eigenvalue weighted by Gasteiger charge is 2.27. The molecule has 1 aromatic rings. The maximum Gasteiger partial charge on any atom is 0.239 e. The predicted octanol–water partition coefficient (Wildman–Crippen LogP) is 0.349. The van der Waals surface area contributed by atoms with E-state index in [0.29, 0.717) is 30.4 Å². The van der Waals surface area contributed by atoms with Crippen LogP contribution in [0, 0.1) is 5.92 Å². The summed E-state index contributed by atoms with van der Waals surface area (Å²) >= 11 is 5.72. The van der Waals surface area contributed by atoms with E-state index in [1.807, 2.05) is 4.90 Å². The molecule has 1 amide bonds. The number of pyridine rings is 1. The first-order chi connectivity index (χ1) is 9.58. The van der Waals surface area contributed by atoms with Crippen LogP contribution in [0.2, 0.25) is 5.02 Å². The fraction of sp³-hybridized carbons (Fsp3) is 0.538. The van der Waals surface area contributed by atoms with Crippen molar-refractivity contribution < 1.29 is 15.0 Å². The molecule has 2 rings (SSSR count). The zero-order valence-electron chi connectivity index (χ0n) is 11.0. The van der Waals surface area contributed by atoms with Crippen molar-refractivity contribution in [2.24, 2.45) is 5.92 Å². The number of β-amino-alcohol motifs (C(OH)–C–C–N with tert-alkyl or cyclic N) is 1. The summed E-state index contributed by atoms with van der Waals surface area (Å²) in [5.41, 5.74) is 0. The van der Waals surface area contributed by atoms with Gasteiger partial charge in [-0.05, 0) is 25.1 Å². The molecule has 0 aromatic carbocycles. The Bertz CT molecular complexity index is 455. The molecular formula is C13H18ClN3O3. The number of carbonyl (C=O) groups is 1. The molecule has 2 heterocycles. The number of carbonyl (C=O) groups excluding carboxylic acids is 1. The lowest BCUT2D eigenvalue weighted by Crippen LogP contribution is -2.47. The van der Waals surface area contributed by atoms with E-state index in [-0.39, 0.29) is 25.0 Å². The van der Waals surface area contributed by atoms with Gasteiger partial charge in [0.1, 0.15) is 5.82 Å². The van der Waals surface area contributed by atoms with Crippen molar-refractivity contribution in [3.05, 3.63) is 23.4 Å². The highest BCUT2D eigenvalue weighted by molar-refractivity contribution is 6.30. The van der Waals surface area contributed by atoms with Crippen LogP contribution in [0.25, 0.3) is 0 Å². The number of amides is 1. The van der Waals surface area contributed by atoms with Crippen LogP contribution in [0.5, 0.6) is 0 Å². The fourth-order valence-corrected chi connectivity index (χ4v) is 2.35. The van der Waals surface area contributed by atoms with Gasteiger partial charge in [0.25, 0.3) is 0 Å². The van der Waals surface area contributed by atoms with Gasteiger partial charge in [0, 0.05) is 25.3 Å². The van der Waals surface area contributed by atoms with E-state index in [0.717, 1.165) is 0 Å². The lowest BCUT2D eigenvalue weighted by atomic mass is 9.95. The van der Waals surface area contributed by atoms with Crippen molar-refractivity contribution in [2.75, 3.05) is 31.6 Å². The van der Waals surface area contributed by atoms with E-state index in [9.17, 15) is 9.90 Å². The van der Waals surface area contributed by atoms with Crippen LogP contribution in [-0.4, -0.2) is 58.3 Å². The number of anilines is 1. The first-order valence-electron chi connectivity index (χ1n) is 6.51. The van der Waals surface area contributed by atoms with Crippen LogP contribution in [0.3, 0.4) is 0 Å². The topological polar surface area (TPSA) is 85.7 Å². The first kappa shape index (κ1) is 15.2. The Morgan fingerprint density at radius 1 is 1.55 bits per heavy atom. The summed E-state index contributed by atoms with van der Waals surface area (Å²) in [6.45, 7) is 1.26. The summed E-state index contributed by atoms with van der Waals surface area (Å²) in [7, 11) is 0. The molecule has 0 bridgehead atoms. The maximum atomic E-state index is 11.9. The lowest BCUT2D eigenvalue weighted by molar-refractivity contribution is -0.118. The molecule has 7 heteroatoms. The standard InChI is InChI=1S/C13H18ClN3O3/c14-10-1-2-12(15-5-10)16-13(20)7-17-4-3-9(8-18)11(19)6-17/h1-2,5,9,11,18-19H,3-4,6-8H2,(H,15,16,20)/t9-,11-/m1/s1. The van der Waals surface area contributed by atoms with Crippen molar-refractivity contribution in [2.45, 2.75) is 12.5 Å². The minimum absolute atomic E-state index is 0.0180. The van der Waals surface area contributed by atoms with Crippen LogP contribution in [0.1, 0.15) is 6.42 Å². The van der Waals surface area contributed by atoms with Gasteiger partial charge in [0.2, 0.25) is 5.91 Å². The number of nitrogens with zero attached hydrogens (tertiary/aromatic N) is 2. The van der Waals surface area contributed by atoms with Crippen molar-refractivity contribution in [1.82, 2.24) is 9.88 Å². The molecule has 0 aliphatic carbocycles. The van der Waals surface area contributed by atoms with Crippen LogP contribution >= 0.6 is 11.6 Å². The summed E-state index contributed by atoms with van der Waals surface area (Å²) in [6.07, 6.45) is 1.56. The number of piperidine rings is 1. The zero-order chi connectivity index (χ0) is 14.5. The summed E-state index contributed by atoms with van der Waals surface area (Å²) in [4.78, 5) is 17.7. The number of aliphatic hydroxyl groups is 2. The molecule has 110 valence electrons. The van der Waals surface area contributed by atoms with Gasteiger partial charge in [-0.3, -0.25) is 9.69 Å². The average Bonchev–Trinajstić information content (AvgIpc) is 2.41. The third kappa shape index (κ3) is 4.14. The van der Waals surface area contributed by atoms with Gasteiger partial charge in [-0.15, -0.1) is 0 Å². The molecule has 2 atom stereocenters. The normalized spacial score (nSPS) is 23.6. The number of likely N-dealkylation sites (tertiary alicyclic amines) is 1. The van der Waals surface area contributed by atoms with E-state index in [2.05, 4.69) is 10.3 Å². The Morgan fingerprint density at radius 3 is 2.95 bits per heavy atom. The number of aliphatic hydroxyl groups excluding tert-OH is 2. The third-order valence-corrected chi connectivity index (χ3v) is 3.63. The minimum atomic E-state index is -0.588. The van der Waals surface area contributed by atoms with Crippen LogP contribution < -0.4 is 5.32 Å². The quantitative estimate of drug-likeness (QED) is 0.747. The predicted molar refractivity (Wildman–Crippen MR) is 75.5 cm³/mol. The van der Waals surface area contributed by atoms with Crippen molar-refractivity contribution >= 4 is 23.3 Å². The van der Waals surface area contributed by atoms with Gasteiger partial charge in [-0.1, -0.05) is 11.6 Å². The summed E-state index contributed by atoms with van der Waals surface area (Å²) < 4.78 is 0. The van der Waals surface area contributed by atoms with Gasteiger partial charge in [-0.2, -0.15) is 0 Å². The monoisotopic (exact) mass is 299 g/mol. The van der Waals surface area contributed by atoms with Crippen LogP contribution in [-0.2, 0) is 4.79 Å². The Hall–Kier alpha value is -1.21. The minimum Gasteiger partial charge on any atom is -0.396 e. The van der Waals surface area contributed by atoms with Gasteiger partial charge in [-0.25, -0.2) is 4.98 Å². The van der Waals surface area contributed by atoms with Crippen molar-refractivity contribution in [3.63, 3.8) is 0 Å². The average molecular weight is 300 g/mol. The van der Waals surface area contributed by atoms with Gasteiger partial charge in [0.15, 0.2) is 0 Å². The van der Waals surface area contributed by atoms with Crippen LogP contribution in [0.4, 0.5) is 5.82 Å². The SMILES string of the molecule is O=C(CN1CC[C@H](CO)[C@H](O)C1)Nc1ccc(Cl)cn1. The van der Waals surface area contributed by atoms with Crippen molar-refractivity contribution in [3.8, 4) is 0 Å². The Morgan fingerprint density at radius 2 is 2.35 bits per heavy atom. The lowest BCUT2D eigenvalue weighted by Gasteiger charge is -2.34. The smallest absolute Gasteiger partial charge is 0.239 e. The molecule has 0 unspecified atom stereocenters. The second kappa shape index (κ2) is 6.99. The van der Waals surface area contributed by atoms with Gasteiger partial charge in [0.05, 0.1) is 17.7 Å². The van der Waals surface area contributed by atoms with Crippen molar-refractivity contribution in [1.29, 1.82) is 0 Å². The molecule has 0 radical (unpaired) electrons. The van der Waals surface area contributed by atoms with Gasteiger partial charge >= 0.3 is 0 Å². The van der Waals surface area contributed by atoms with E-state index >= 15 is 0 Å². The zero-order valence-corrected chi connectivity index (χ0v) is 11.8. The molecular weight excluding hydrogens is 282 g/mol. The number of hydrogen-bond donors (Lipinski definition) is 3. The molecule has 1 aliphatic heterocycles. The number of aromatic nitrogens is 1. The maximum absolute atomic E-state index is 11.9. The highest BCUT2D eigenvalue weighted by Crippen LogP contribution is 2.17. The number of hydrogen-bond acceptors (Lipinski definition) is 5. The molecule has 1 saturated heterocycles. The Kier molecular flexibility index (Phi) is 5.31. The molecule has 1 aromatic heterocycles. The highest BCUT2D eigenvalue weighted by atomic mass is 35.5. The summed E-state index contributed by atoms with van der Waals surface area (Å²) in [5, 5.41) is 22.1. The molecule has 1 aliphatic rings. The second-order valence-corrected chi connectivity index (χ2v) is 5.38. The molecule has 20 heavy (non-hydrogen) atoms. The van der Waals surface area contributed by atoms with Crippen LogP contribution in [0.15, 0.2) is 18.3 Å². The third-order valence-electron chi connectivity index (χ3n) is 3.40. The van der Waals surface area contributed by atoms with E-state index in [1.165, 1.54) is 6.20 Å². The van der Waals surface area contributed by atoms with E-state index in [4.69, 9.17) is 16.7 Å². The molecule has 6 nitrogen and oxygen atoms in total. The van der Waals surface area contributed by atoms with Gasteiger partial charge < -0.3 is 15.5 Å². The van der Waals surface area contributed by atoms with E-state index in [1.54, 1.807) is 12.1 Å². The molecule has 3 N–H and O–H groups in total. The number of halogens is 1. The Balaban J connectivity index is 1.81. The number of rotatable bonds is 4. The Labute approximate surface area is 122 Å². The summed E-state index contributed by atoms with van der Waals surface area (Å²) in [5.74, 6) is 0.173. The number of nitrogens with one attached hydrogen (secondary N) is 1. The second-order valence-electron chi connectivity index (χ2n) is 4.94. The van der Waals surface area contributed by atoms with E-state index < -0.39 is 6.10 Å². The molecule has 0 saturated carbocycles. The molecule has 1 fully saturated rings. The first-order valence-corrected chi connectivity index (χ1v) is 6.89. The summed E-state index contributed by atoms with van der Waals surface area (Å²) in [6, 6.07) is 3.29. The molecule has 0 spiro atoms. The fourth-order valence-electron chi connectivity index (χ4n) is 2.24. The largest absolute Gasteiger partial charge is 0.396 e.